The van der Waals surface area contributed by atoms with E-state index in [1.54, 1.807) is 0 Å². The molecular weight excluding hydrogens is 224 g/mol. The van der Waals surface area contributed by atoms with Crippen LogP contribution in [0.1, 0.15) is 31.7 Å². The summed E-state index contributed by atoms with van der Waals surface area (Å²) in [7, 11) is 0. The molecular formula is C15H20N2O. The molecule has 2 aliphatic heterocycles. The molecule has 96 valence electrons. The Bertz CT molecular complexity index is 463. The van der Waals surface area contributed by atoms with E-state index >= 15 is 0 Å². The number of benzene rings is 1. The van der Waals surface area contributed by atoms with Crippen LogP contribution in [-0.4, -0.2) is 25.5 Å². The van der Waals surface area contributed by atoms with Crippen molar-refractivity contribution in [3.8, 4) is 0 Å². The first-order valence-electron chi connectivity index (χ1n) is 6.92. The van der Waals surface area contributed by atoms with Crippen LogP contribution in [-0.2, 0) is 10.2 Å². The van der Waals surface area contributed by atoms with Crippen LogP contribution in [0.15, 0.2) is 24.3 Å². The number of para-hydroxylation sites is 1. The van der Waals surface area contributed by atoms with Gasteiger partial charge in [0.15, 0.2) is 0 Å². The van der Waals surface area contributed by atoms with Crippen molar-refractivity contribution >= 4 is 11.6 Å². The number of carbonyl (C=O) groups is 1. The second kappa shape index (κ2) is 4.39. The first-order chi connectivity index (χ1) is 8.79. The summed E-state index contributed by atoms with van der Waals surface area (Å²) in [6.45, 7) is 4.78. The van der Waals surface area contributed by atoms with Crippen molar-refractivity contribution in [3.63, 3.8) is 0 Å². The van der Waals surface area contributed by atoms with Gasteiger partial charge >= 0.3 is 0 Å². The molecule has 0 radical (unpaired) electrons. The Morgan fingerprint density at radius 2 is 2.22 bits per heavy atom. The topological polar surface area (TPSA) is 32.3 Å². The lowest BCUT2D eigenvalue weighted by Gasteiger charge is -2.33. The van der Waals surface area contributed by atoms with Gasteiger partial charge in [-0.2, -0.15) is 0 Å². The SMILES string of the molecule is CCCN1C(=O)[C@@]2(CCCNC2)c2ccccc21. The minimum absolute atomic E-state index is 0.288. The van der Waals surface area contributed by atoms with Crippen LogP contribution >= 0.6 is 0 Å². The molecule has 1 spiro atoms. The first kappa shape index (κ1) is 11.7. The maximum atomic E-state index is 12.8. The molecule has 0 bridgehead atoms. The molecule has 3 nitrogen and oxygen atoms in total. The van der Waals surface area contributed by atoms with E-state index in [0.717, 1.165) is 44.6 Å². The number of fused-ring (bicyclic) bond motifs is 2. The van der Waals surface area contributed by atoms with Crippen LogP contribution in [0, 0.1) is 0 Å². The molecule has 1 fully saturated rings. The zero-order valence-corrected chi connectivity index (χ0v) is 10.9. The first-order valence-corrected chi connectivity index (χ1v) is 6.92. The highest BCUT2D eigenvalue weighted by Crippen LogP contribution is 2.45. The van der Waals surface area contributed by atoms with Crippen molar-refractivity contribution in [2.45, 2.75) is 31.6 Å². The smallest absolute Gasteiger partial charge is 0.239 e. The lowest BCUT2D eigenvalue weighted by atomic mass is 9.76. The van der Waals surface area contributed by atoms with E-state index < -0.39 is 0 Å². The number of nitrogens with zero attached hydrogens (tertiary/aromatic N) is 1. The molecule has 0 saturated carbocycles. The van der Waals surface area contributed by atoms with Crippen LogP contribution in [0.4, 0.5) is 5.69 Å². The van der Waals surface area contributed by atoms with E-state index in [4.69, 9.17) is 0 Å². The van der Waals surface area contributed by atoms with E-state index in [0.29, 0.717) is 5.91 Å². The fourth-order valence-electron chi connectivity index (χ4n) is 3.36. The third-order valence-corrected chi connectivity index (χ3v) is 4.20. The largest absolute Gasteiger partial charge is 0.315 e. The van der Waals surface area contributed by atoms with Gasteiger partial charge in [-0.15, -0.1) is 0 Å². The van der Waals surface area contributed by atoms with Crippen molar-refractivity contribution in [3.05, 3.63) is 29.8 Å². The van der Waals surface area contributed by atoms with Crippen molar-refractivity contribution < 1.29 is 4.79 Å². The van der Waals surface area contributed by atoms with Gasteiger partial charge in [0.25, 0.3) is 0 Å². The van der Waals surface area contributed by atoms with Gasteiger partial charge in [0.1, 0.15) is 0 Å². The average molecular weight is 244 g/mol. The molecule has 1 N–H and O–H groups in total. The molecule has 0 aromatic heterocycles. The molecule has 1 atom stereocenters. The number of rotatable bonds is 2. The normalized spacial score (nSPS) is 26.7. The summed E-state index contributed by atoms with van der Waals surface area (Å²) < 4.78 is 0. The standard InChI is InChI=1S/C15H20N2O/c1-2-10-17-13-7-4-3-6-12(13)15(14(17)18)8-5-9-16-11-15/h3-4,6-7,16H,2,5,8-11H2,1H3/t15-/m1/s1. The summed E-state index contributed by atoms with van der Waals surface area (Å²) in [5.41, 5.74) is 2.08. The highest BCUT2D eigenvalue weighted by atomic mass is 16.2. The molecule has 1 saturated heterocycles. The summed E-state index contributed by atoms with van der Waals surface area (Å²) in [6.07, 6.45) is 3.07. The van der Waals surface area contributed by atoms with Gasteiger partial charge in [0.2, 0.25) is 5.91 Å². The maximum absolute atomic E-state index is 12.8. The highest BCUT2D eigenvalue weighted by molar-refractivity contribution is 6.08. The Kier molecular flexibility index (Phi) is 2.86. The summed E-state index contributed by atoms with van der Waals surface area (Å²) >= 11 is 0. The van der Waals surface area contributed by atoms with Crippen LogP contribution < -0.4 is 10.2 Å². The Hall–Kier alpha value is -1.35. The van der Waals surface area contributed by atoms with Crippen LogP contribution in [0.2, 0.25) is 0 Å². The average Bonchev–Trinajstić information content (AvgIpc) is 2.64. The number of anilines is 1. The molecule has 1 aromatic carbocycles. The molecule has 3 heteroatoms. The summed E-state index contributed by atoms with van der Waals surface area (Å²) in [5, 5.41) is 3.40. The van der Waals surface area contributed by atoms with E-state index in [-0.39, 0.29) is 5.41 Å². The van der Waals surface area contributed by atoms with Crippen molar-refractivity contribution in [1.82, 2.24) is 5.32 Å². The van der Waals surface area contributed by atoms with Crippen molar-refractivity contribution in [2.24, 2.45) is 0 Å². The number of hydrogen-bond acceptors (Lipinski definition) is 2. The van der Waals surface area contributed by atoms with Gasteiger partial charge in [0, 0.05) is 18.8 Å². The monoisotopic (exact) mass is 244 g/mol. The van der Waals surface area contributed by atoms with Gasteiger partial charge in [0.05, 0.1) is 5.41 Å². The molecule has 1 amide bonds. The van der Waals surface area contributed by atoms with Gasteiger partial charge in [-0.1, -0.05) is 25.1 Å². The number of amides is 1. The Labute approximate surface area is 108 Å². The Morgan fingerprint density at radius 1 is 1.39 bits per heavy atom. The second-order valence-electron chi connectivity index (χ2n) is 5.34. The minimum atomic E-state index is -0.288. The molecule has 2 aliphatic rings. The van der Waals surface area contributed by atoms with Gasteiger partial charge in [-0.3, -0.25) is 4.79 Å². The third kappa shape index (κ3) is 1.50. The van der Waals surface area contributed by atoms with E-state index in [1.807, 2.05) is 11.0 Å². The number of piperidine rings is 1. The molecule has 3 rings (SSSR count). The molecule has 0 unspecified atom stereocenters. The van der Waals surface area contributed by atoms with Crippen molar-refractivity contribution in [1.29, 1.82) is 0 Å². The lowest BCUT2D eigenvalue weighted by Crippen LogP contribution is -2.50. The summed E-state index contributed by atoms with van der Waals surface area (Å²) in [4.78, 5) is 14.8. The highest BCUT2D eigenvalue weighted by Gasteiger charge is 2.50. The zero-order chi connectivity index (χ0) is 12.6. The quantitative estimate of drug-likeness (QED) is 0.863. The van der Waals surface area contributed by atoms with E-state index in [1.165, 1.54) is 5.56 Å². The number of hydrogen-bond donors (Lipinski definition) is 1. The molecule has 1 aromatic rings. The minimum Gasteiger partial charge on any atom is -0.315 e. The predicted octanol–water partition coefficient (Wildman–Crippen LogP) is 2.06. The van der Waals surface area contributed by atoms with Crippen LogP contribution in [0.3, 0.4) is 0 Å². The third-order valence-electron chi connectivity index (χ3n) is 4.20. The predicted molar refractivity (Wildman–Crippen MR) is 72.9 cm³/mol. The maximum Gasteiger partial charge on any atom is 0.239 e. The Balaban J connectivity index is 2.08. The van der Waals surface area contributed by atoms with E-state index in [2.05, 4.69) is 30.4 Å². The van der Waals surface area contributed by atoms with Gasteiger partial charge in [-0.25, -0.2) is 0 Å². The van der Waals surface area contributed by atoms with Crippen molar-refractivity contribution in [2.75, 3.05) is 24.5 Å². The summed E-state index contributed by atoms with van der Waals surface area (Å²) in [6, 6.07) is 8.31. The number of carbonyl (C=O) groups excluding carboxylic acids is 1. The number of nitrogens with one attached hydrogen (secondary N) is 1. The van der Waals surface area contributed by atoms with E-state index in [9.17, 15) is 4.79 Å². The van der Waals surface area contributed by atoms with Crippen LogP contribution in [0.5, 0.6) is 0 Å². The second-order valence-corrected chi connectivity index (χ2v) is 5.34. The Morgan fingerprint density at radius 3 is 2.94 bits per heavy atom. The van der Waals surface area contributed by atoms with Gasteiger partial charge in [-0.05, 0) is 37.4 Å². The van der Waals surface area contributed by atoms with Crippen LogP contribution in [0.25, 0.3) is 0 Å². The summed E-state index contributed by atoms with van der Waals surface area (Å²) in [5.74, 6) is 0.303. The molecule has 0 aliphatic carbocycles. The lowest BCUT2D eigenvalue weighted by molar-refractivity contribution is -0.123. The molecule has 2 heterocycles. The zero-order valence-electron chi connectivity index (χ0n) is 10.9. The fraction of sp³-hybridized carbons (Fsp3) is 0.533. The van der Waals surface area contributed by atoms with Gasteiger partial charge < -0.3 is 10.2 Å². The fourth-order valence-corrected chi connectivity index (χ4v) is 3.36. The molecule has 18 heavy (non-hydrogen) atoms.